The fourth-order valence-electron chi connectivity index (χ4n) is 2.72. The summed E-state index contributed by atoms with van der Waals surface area (Å²) >= 11 is 0. The number of pyridine rings is 1. The predicted molar refractivity (Wildman–Crippen MR) is 67.8 cm³/mol. The highest BCUT2D eigenvalue weighted by atomic mass is 16.2. The van der Waals surface area contributed by atoms with Crippen LogP contribution in [0.4, 0.5) is 0 Å². The Labute approximate surface area is 107 Å². The third-order valence-electron chi connectivity index (χ3n) is 3.60. The fraction of sp³-hybridized carbons (Fsp3) is 0.500. The van der Waals surface area contributed by atoms with E-state index in [1.165, 1.54) is 0 Å². The van der Waals surface area contributed by atoms with Gasteiger partial charge in [-0.3, -0.25) is 19.9 Å². The average Bonchev–Trinajstić information content (AvgIpc) is 2.27. The molecule has 0 spiro atoms. The lowest BCUT2D eigenvalue weighted by Crippen LogP contribution is -2.46. The van der Waals surface area contributed by atoms with E-state index in [0.29, 0.717) is 6.42 Å². The Morgan fingerprint density at radius 2 is 2.11 bits per heavy atom. The number of carbonyl (C=O) groups is 2. The van der Waals surface area contributed by atoms with E-state index in [1.54, 1.807) is 12.4 Å². The summed E-state index contributed by atoms with van der Waals surface area (Å²) in [5, 5.41) is 2.43. The van der Waals surface area contributed by atoms with Crippen LogP contribution < -0.4 is 5.32 Å². The smallest absolute Gasteiger partial charge is 0.230 e. The topological polar surface area (TPSA) is 59.1 Å². The summed E-state index contributed by atoms with van der Waals surface area (Å²) < 4.78 is 0. The molecule has 18 heavy (non-hydrogen) atoms. The van der Waals surface area contributed by atoms with Gasteiger partial charge in [-0.2, -0.15) is 0 Å². The molecule has 0 radical (unpaired) electrons. The van der Waals surface area contributed by atoms with Crippen molar-refractivity contribution in [1.82, 2.24) is 10.3 Å². The zero-order valence-electron chi connectivity index (χ0n) is 10.9. The number of aryl methyl sites for hydroxylation is 1. The minimum atomic E-state index is -0.190. The number of carbonyl (C=O) groups excluding carboxylic acids is 2. The van der Waals surface area contributed by atoms with Crippen LogP contribution in [0.2, 0.25) is 0 Å². The van der Waals surface area contributed by atoms with Gasteiger partial charge in [-0.25, -0.2) is 0 Å². The second kappa shape index (κ2) is 4.88. The van der Waals surface area contributed by atoms with Gasteiger partial charge >= 0.3 is 0 Å². The van der Waals surface area contributed by atoms with Gasteiger partial charge in [-0.05, 0) is 30.0 Å². The Balaban J connectivity index is 2.41. The molecule has 0 aliphatic carbocycles. The molecule has 1 aromatic rings. The molecule has 2 heterocycles. The molecule has 1 aliphatic rings. The van der Waals surface area contributed by atoms with Crippen LogP contribution in [0.1, 0.15) is 37.3 Å². The van der Waals surface area contributed by atoms with E-state index < -0.39 is 0 Å². The first-order valence-corrected chi connectivity index (χ1v) is 6.25. The molecule has 1 N–H and O–H groups in total. The van der Waals surface area contributed by atoms with Crippen LogP contribution in [0.5, 0.6) is 0 Å². The summed E-state index contributed by atoms with van der Waals surface area (Å²) in [6.45, 7) is 6.02. The normalized spacial score (nSPS) is 24.2. The van der Waals surface area contributed by atoms with Gasteiger partial charge in [0.25, 0.3) is 0 Å². The van der Waals surface area contributed by atoms with Gasteiger partial charge < -0.3 is 0 Å². The Kier molecular flexibility index (Phi) is 3.45. The van der Waals surface area contributed by atoms with E-state index in [0.717, 1.165) is 11.1 Å². The second-order valence-corrected chi connectivity index (χ2v) is 5.23. The van der Waals surface area contributed by atoms with Gasteiger partial charge in [0.05, 0.1) is 0 Å². The fourth-order valence-corrected chi connectivity index (χ4v) is 2.72. The number of rotatable bonds is 2. The largest absolute Gasteiger partial charge is 0.296 e. The van der Waals surface area contributed by atoms with Crippen LogP contribution in [0, 0.1) is 18.8 Å². The van der Waals surface area contributed by atoms with Crippen molar-refractivity contribution < 1.29 is 9.59 Å². The quantitative estimate of drug-likeness (QED) is 0.809. The maximum Gasteiger partial charge on any atom is 0.230 e. The number of hydrogen-bond donors (Lipinski definition) is 1. The lowest BCUT2D eigenvalue weighted by atomic mass is 9.74. The standard InChI is InChI=1S/C14H18N2O2/c1-8(2)13-10(6-12(17)16-14(13)18)11-7-15-5-4-9(11)3/h4-5,7-8,10,13H,6H2,1-3H3,(H,16,17,18). The van der Waals surface area contributed by atoms with E-state index in [4.69, 9.17) is 0 Å². The molecule has 0 saturated carbocycles. The molecule has 96 valence electrons. The van der Waals surface area contributed by atoms with Crippen molar-refractivity contribution in [2.24, 2.45) is 11.8 Å². The van der Waals surface area contributed by atoms with E-state index >= 15 is 0 Å². The Bertz CT molecular complexity index is 482. The molecule has 1 aliphatic heterocycles. The van der Waals surface area contributed by atoms with Gasteiger partial charge in [0.2, 0.25) is 11.8 Å². The van der Waals surface area contributed by atoms with E-state index in [2.05, 4.69) is 10.3 Å². The molecule has 1 fully saturated rings. The minimum absolute atomic E-state index is 0.0556. The molecule has 2 atom stereocenters. The predicted octanol–water partition coefficient (Wildman–Crippen LogP) is 1.79. The summed E-state index contributed by atoms with van der Waals surface area (Å²) in [6.07, 6.45) is 3.87. The van der Waals surface area contributed by atoms with Crippen molar-refractivity contribution in [1.29, 1.82) is 0 Å². The lowest BCUT2D eigenvalue weighted by Gasteiger charge is -2.33. The molecule has 2 unspecified atom stereocenters. The van der Waals surface area contributed by atoms with Crippen LogP contribution in [0.3, 0.4) is 0 Å². The maximum atomic E-state index is 12.0. The first-order chi connectivity index (χ1) is 8.50. The molecule has 1 saturated heterocycles. The van der Waals surface area contributed by atoms with Crippen LogP contribution in [-0.4, -0.2) is 16.8 Å². The van der Waals surface area contributed by atoms with Gasteiger partial charge in [-0.15, -0.1) is 0 Å². The second-order valence-electron chi connectivity index (χ2n) is 5.23. The highest BCUT2D eigenvalue weighted by Gasteiger charge is 2.39. The molecule has 2 amide bonds. The number of aromatic nitrogens is 1. The van der Waals surface area contributed by atoms with Crippen LogP contribution in [0.25, 0.3) is 0 Å². The summed E-state index contributed by atoms with van der Waals surface area (Å²) in [5.41, 5.74) is 2.10. The van der Waals surface area contributed by atoms with Gasteiger partial charge in [-0.1, -0.05) is 13.8 Å². The van der Waals surface area contributed by atoms with E-state index in [9.17, 15) is 9.59 Å². The third kappa shape index (κ3) is 2.28. The van der Waals surface area contributed by atoms with Crippen LogP contribution in [-0.2, 0) is 9.59 Å². The number of nitrogens with one attached hydrogen (secondary N) is 1. The Morgan fingerprint density at radius 3 is 2.72 bits per heavy atom. The summed E-state index contributed by atoms with van der Waals surface area (Å²) in [5.74, 6) is -0.368. The molecule has 4 nitrogen and oxygen atoms in total. The number of imide groups is 1. The van der Waals surface area contributed by atoms with Crippen molar-refractivity contribution in [2.75, 3.05) is 0 Å². The van der Waals surface area contributed by atoms with Crippen molar-refractivity contribution >= 4 is 11.8 Å². The van der Waals surface area contributed by atoms with Gasteiger partial charge in [0.15, 0.2) is 0 Å². The average molecular weight is 246 g/mol. The highest BCUT2D eigenvalue weighted by molar-refractivity contribution is 6.00. The van der Waals surface area contributed by atoms with Crippen molar-refractivity contribution in [2.45, 2.75) is 33.1 Å². The number of hydrogen-bond acceptors (Lipinski definition) is 3. The van der Waals surface area contributed by atoms with E-state index in [1.807, 2.05) is 26.8 Å². The zero-order valence-corrected chi connectivity index (χ0v) is 10.9. The lowest BCUT2D eigenvalue weighted by molar-refractivity contribution is -0.138. The Morgan fingerprint density at radius 1 is 1.39 bits per heavy atom. The Hall–Kier alpha value is -1.71. The van der Waals surface area contributed by atoms with Gasteiger partial charge in [0.1, 0.15) is 0 Å². The first-order valence-electron chi connectivity index (χ1n) is 6.25. The van der Waals surface area contributed by atoms with Crippen molar-refractivity contribution in [3.05, 3.63) is 29.6 Å². The molecule has 1 aromatic heterocycles. The molecular weight excluding hydrogens is 228 g/mol. The van der Waals surface area contributed by atoms with E-state index in [-0.39, 0.29) is 29.6 Å². The summed E-state index contributed by atoms with van der Waals surface area (Å²) in [4.78, 5) is 27.7. The van der Waals surface area contributed by atoms with Crippen molar-refractivity contribution in [3.63, 3.8) is 0 Å². The van der Waals surface area contributed by atoms with Crippen molar-refractivity contribution in [3.8, 4) is 0 Å². The minimum Gasteiger partial charge on any atom is -0.296 e. The number of amides is 2. The van der Waals surface area contributed by atoms with Gasteiger partial charge in [0, 0.05) is 30.7 Å². The SMILES string of the molecule is Cc1ccncc1C1CC(=O)NC(=O)C1C(C)C. The number of piperidine rings is 1. The third-order valence-corrected chi connectivity index (χ3v) is 3.60. The zero-order chi connectivity index (χ0) is 13.3. The monoisotopic (exact) mass is 246 g/mol. The molecular formula is C14H18N2O2. The molecule has 0 bridgehead atoms. The number of nitrogens with zero attached hydrogens (tertiary/aromatic N) is 1. The maximum absolute atomic E-state index is 12.0. The van der Waals surface area contributed by atoms with Crippen LogP contribution in [0.15, 0.2) is 18.5 Å². The van der Waals surface area contributed by atoms with Crippen LogP contribution >= 0.6 is 0 Å². The first kappa shape index (κ1) is 12.7. The molecule has 4 heteroatoms. The summed E-state index contributed by atoms with van der Waals surface area (Å²) in [7, 11) is 0. The summed E-state index contributed by atoms with van der Waals surface area (Å²) in [6, 6.07) is 1.92. The molecule has 2 rings (SSSR count). The molecule has 0 aromatic carbocycles. The highest BCUT2D eigenvalue weighted by Crippen LogP contribution is 2.36.